The maximum Gasteiger partial charge on any atom is 0.367 e. The molecule has 0 amide bonds. The van der Waals surface area contributed by atoms with Crippen LogP contribution in [0.1, 0.15) is 6.92 Å². The molecule has 5 heteroatoms. The van der Waals surface area contributed by atoms with E-state index in [1.165, 1.54) is 6.92 Å². The van der Waals surface area contributed by atoms with E-state index in [1.54, 1.807) is 0 Å². The Morgan fingerprint density at radius 1 is 1.80 bits per heavy atom. The van der Waals surface area contributed by atoms with Crippen molar-refractivity contribution in [1.82, 2.24) is 0 Å². The Morgan fingerprint density at radius 3 is 2.30 bits per heavy atom. The highest BCUT2D eigenvalue weighted by Gasteiger charge is 2.26. The van der Waals surface area contributed by atoms with Crippen LogP contribution in [-0.4, -0.2) is 36.2 Å². The molecule has 0 aromatic heterocycles. The molecule has 2 atom stereocenters. The molecule has 0 heterocycles. The van der Waals surface area contributed by atoms with Crippen molar-refractivity contribution in [3.05, 3.63) is 5.21 Å². The van der Waals surface area contributed by atoms with Crippen LogP contribution in [0.5, 0.6) is 0 Å². The predicted octanol–water partition coefficient (Wildman–Crippen LogP) is -0.118. The van der Waals surface area contributed by atoms with Crippen molar-refractivity contribution in [2.24, 2.45) is 0 Å². The van der Waals surface area contributed by atoms with Crippen molar-refractivity contribution >= 4 is 5.97 Å². The zero-order valence-electron chi connectivity index (χ0n) is 6.20. The monoisotopic (exact) mass is 149 g/mol. The molecule has 0 aliphatic carbocycles. The highest BCUT2D eigenvalue weighted by atomic mass is 16.8. The molecule has 0 fully saturated rings. The van der Waals surface area contributed by atoms with Crippen molar-refractivity contribution in [2.45, 2.75) is 13.0 Å². The molecule has 0 rings (SSSR count). The van der Waals surface area contributed by atoms with Gasteiger partial charge >= 0.3 is 5.97 Å². The molecule has 10 heavy (non-hydrogen) atoms. The minimum Gasteiger partial charge on any atom is -0.598 e. The second kappa shape index (κ2) is 2.96. The van der Waals surface area contributed by atoms with E-state index in [2.05, 4.69) is 4.74 Å². The van der Waals surface area contributed by atoms with Gasteiger partial charge in [0.1, 0.15) is 0 Å². The molecule has 60 valence electrons. The van der Waals surface area contributed by atoms with Crippen LogP contribution >= 0.6 is 0 Å². The van der Waals surface area contributed by atoms with E-state index < -0.39 is 16.8 Å². The maximum absolute atomic E-state index is 10.6. The van der Waals surface area contributed by atoms with Crippen molar-refractivity contribution in [3.8, 4) is 0 Å². The Bertz CT molecular complexity index is 128. The van der Waals surface area contributed by atoms with E-state index >= 15 is 0 Å². The van der Waals surface area contributed by atoms with Crippen molar-refractivity contribution in [2.75, 3.05) is 14.2 Å². The van der Waals surface area contributed by atoms with Crippen molar-refractivity contribution < 1.29 is 19.5 Å². The topological polar surface area (TPSA) is 69.6 Å². The van der Waals surface area contributed by atoms with Gasteiger partial charge in [-0.15, -0.1) is 0 Å². The first-order chi connectivity index (χ1) is 4.39. The van der Waals surface area contributed by atoms with Gasteiger partial charge < -0.3 is 9.94 Å². The van der Waals surface area contributed by atoms with Crippen molar-refractivity contribution in [3.63, 3.8) is 0 Å². The number of quaternary nitrogens is 1. The van der Waals surface area contributed by atoms with E-state index in [9.17, 15) is 10.0 Å². The van der Waals surface area contributed by atoms with Crippen molar-refractivity contribution in [1.29, 1.82) is 0 Å². The van der Waals surface area contributed by atoms with E-state index in [4.69, 9.17) is 5.21 Å². The molecule has 2 unspecified atom stereocenters. The fraction of sp³-hybridized carbons (Fsp3) is 0.800. The lowest BCUT2D eigenvalue weighted by atomic mass is 10.3. The van der Waals surface area contributed by atoms with Crippen LogP contribution in [0.15, 0.2) is 0 Å². The summed E-state index contributed by atoms with van der Waals surface area (Å²) in [5.74, 6) is -0.722. The number of hydroxylamine groups is 4. The summed E-state index contributed by atoms with van der Waals surface area (Å²) in [5.41, 5.74) is 0. The first kappa shape index (κ1) is 9.35. The summed E-state index contributed by atoms with van der Waals surface area (Å²) in [6.07, 6.45) is 0. The summed E-state index contributed by atoms with van der Waals surface area (Å²) in [6, 6.07) is -1.09. The summed E-state index contributed by atoms with van der Waals surface area (Å²) < 4.78 is 4.22. The lowest BCUT2D eigenvalue weighted by Crippen LogP contribution is -2.47. The number of esters is 1. The van der Waals surface area contributed by atoms with Gasteiger partial charge in [-0.25, -0.2) is 14.8 Å². The van der Waals surface area contributed by atoms with Crippen LogP contribution in [0.3, 0.4) is 0 Å². The fourth-order valence-corrected chi connectivity index (χ4v) is 0.366. The normalized spacial score (nSPS) is 19.3. The van der Waals surface area contributed by atoms with E-state index in [-0.39, 0.29) is 0 Å². The zero-order valence-corrected chi connectivity index (χ0v) is 6.20. The molecule has 0 radical (unpaired) electrons. The number of carbonyl (C=O) groups excluding carboxylic acids is 1. The smallest absolute Gasteiger partial charge is 0.367 e. The van der Waals surface area contributed by atoms with E-state index in [0.717, 1.165) is 14.2 Å². The Balaban J connectivity index is 4.08. The van der Waals surface area contributed by atoms with Gasteiger partial charge in [-0.2, -0.15) is 0 Å². The molecular weight excluding hydrogens is 138 g/mol. The largest absolute Gasteiger partial charge is 0.598 e. The molecule has 0 aliphatic rings. The fourth-order valence-electron chi connectivity index (χ4n) is 0.366. The number of likely N-dealkylation sites (N-methyl/N-ethyl adjacent to an activating group) is 1. The molecule has 0 aromatic carbocycles. The molecule has 0 aromatic rings. The van der Waals surface area contributed by atoms with Gasteiger partial charge in [0.25, 0.3) is 0 Å². The molecule has 0 saturated carbocycles. The van der Waals surface area contributed by atoms with Gasteiger partial charge in [-0.1, -0.05) is 0 Å². The number of ether oxygens (including phenoxy) is 1. The lowest BCUT2D eigenvalue weighted by Gasteiger charge is -2.32. The van der Waals surface area contributed by atoms with Crippen LogP contribution in [0, 0.1) is 5.21 Å². The maximum atomic E-state index is 10.6. The van der Waals surface area contributed by atoms with Crippen LogP contribution in [0.25, 0.3) is 0 Å². The quantitative estimate of drug-likeness (QED) is 0.337. The van der Waals surface area contributed by atoms with Crippen LogP contribution in [-0.2, 0) is 9.53 Å². The number of carbonyl (C=O) groups is 1. The minimum absolute atomic E-state index is 0.722. The van der Waals surface area contributed by atoms with Crippen LogP contribution in [0.2, 0.25) is 0 Å². The zero-order chi connectivity index (χ0) is 8.36. The average molecular weight is 149 g/mol. The Morgan fingerprint density at radius 2 is 2.20 bits per heavy atom. The molecule has 0 bridgehead atoms. The third-order valence-corrected chi connectivity index (χ3v) is 1.26. The third-order valence-electron chi connectivity index (χ3n) is 1.26. The Labute approximate surface area is 58.9 Å². The standard InChI is InChI=1S/C5H11NO4/c1-4(5(7)10-3)6(2,8)9/h4,8H,1-3H3. The SMILES string of the molecule is COC(=O)C(C)[N+](C)([O-])O. The second-order valence-corrected chi connectivity index (χ2v) is 2.14. The molecule has 0 saturated heterocycles. The summed E-state index contributed by atoms with van der Waals surface area (Å²) in [6.45, 7) is 1.29. The average Bonchev–Trinajstić information content (AvgIpc) is 1.83. The predicted molar refractivity (Wildman–Crippen MR) is 32.8 cm³/mol. The van der Waals surface area contributed by atoms with Gasteiger partial charge in [-0.3, -0.25) is 0 Å². The highest BCUT2D eigenvalue weighted by Crippen LogP contribution is 2.03. The molecule has 0 spiro atoms. The van der Waals surface area contributed by atoms with E-state index in [1.807, 2.05) is 0 Å². The Kier molecular flexibility index (Phi) is 2.77. The first-order valence-corrected chi connectivity index (χ1v) is 2.77. The first-order valence-electron chi connectivity index (χ1n) is 2.77. The van der Waals surface area contributed by atoms with Gasteiger partial charge in [-0.05, 0) is 0 Å². The van der Waals surface area contributed by atoms with Crippen LogP contribution in [0.4, 0.5) is 0 Å². The van der Waals surface area contributed by atoms with Gasteiger partial charge in [0.15, 0.2) is 0 Å². The highest BCUT2D eigenvalue weighted by molar-refractivity contribution is 5.73. The Hall–Kier alpha value is -0.650. The minimum atomic E-state index is -1.65. The van der Waals surface area contributed by atoms with Gasteiger partial charge in [0.2, 0.25) is 6.04 Å². The summed E-state index contributed by atoms with van der Waals surface area (Å²) in [7, 11) is 2.12. The number of nitrogens with zero attached hydrogens (tertiary/aromatic N) is 1. The molecule has 0 aliphatic heterocycles. The molecule has 1 N–H and O–H groups in total. The van der Waals surface area contributed by atoms with Gasteiger partial charge in [0.05, 0.1) is 14.2 Å². The number of rotatable bonds is 2. The van der Waals surface area contributed by atoms with Crippen LogP contribution < -0.4 is 0 Å². The number of methoxy groups -OCH3 is 1. The van der Waals surface area contributed by atoms with Gasteiger partial charge in [0, 0.05) is 6.92 Å². The number of hydrogen-bond acceptors (Lipinski definition) is 4. The summed E-state index contributed by atoms with van der Waals surface area (Å²) in [4.78, 5) is 8.91. The summed E-state index contributed by atoms with van der Waals surface area (Å²) >= 11 is 0. The third kappa shape index (κ3) is 2.30. The summed E-state index contributed by atoms with van der Waals surface area (Å²) in [5, 5.41) is 19.3. The molecule has 5 nitrogen and oxygen atoms in total. The lowest BCUT2D eigenvalue weighted by molar-refractivity contribution is -1.06. The number of hydrogen-bond donors (Lipinski definition) is 1. The second-order valence-electron chi connectivity index (χ2n) is 2.14. The van der Waals surface area contributed by atoms with E-state index in [0.29, 0.717) is 0 Å². The molecular formula is C5H11NO4.